The van der Waals surface area contributed by atoms with E-state index >= 15 is 0 Å². The quantitative estimate of drug-likeness (QED) is 0.437. The zero-order valence-electron chi connectivity index (χ0n) is 5.70. The average Bonchev–Trinajstić information content (AvgIpc) is 2.01. The van der Waals surface area contributed by atoms with Crippen LogP contribution in [-0.4, -0.2) is 7.11 Å². The monoisotopic (exact) mass is 486 g/mol. The van der Waals surface area contributed by atoms with Gasteiger partial charge in [-0.3, -0.25) is 0 Å². The minimum Gasteiger partial charge on any atom is -0.496 e. The molecule has 1 nitrogen and oxygen atoms in total. The van der Waals surface area contributed by atoms with Gasteiger partial charge in [-0.1, -0.05) is 0 Å². The van der Waals surface area contributed by atoms with E-state index in [1.807, 2.05) is 6.07 Å². The number of halogens is 3. The molecule has 0 aliphatic carbocycles. The number of methoxy groups -OCH3 is 1. The summed E-state index contributed by atoms with van der Waals surface area (Å²) in [6.07, 6.45) is 0. The first kappa shape index (κ1) is 10.3. The smallest absolute Gasteiger partial charge is 0.133 e. The lowest BCUT2D eigenvalue weighted by molar-refractivity contribution is 0.411. The van der Waals surface area contributed by atoms with Crippen LogP contribution in [0.15, 0.2) is 12.1 Å². The van der Waals surface area contributed by atoms with Gasteiger partial charge >= 0.3 is 0 Å². The van der Waals surface area contributed by atoms with E-state index < -0.39 is 0 Å². The molecule has 0 atom stereocenters. The number of hydrogen-bond acceptors (Lipinski definition) is 1. The van der Waals surface area contributed by atoms with E-state index in [4.69, 9.17) is 4.74 Å². The maximum absolute atomic E-state index is 5.17. The van der Waals surface area contributed by atoms with Crippen LogP contribution in [0.25, 0.3) is 0 Å². The van der Waals surface area contributed by atoms with Gasteiger partial charge in [0.2, 0.25) is 0 Å². The fourth-order valence-electron chi connectivity index (χ4n) is 0.666. The third kappa shape index (κ3) is 2.33. The SMILES string of the molecule is COc1ccc(I)c(I)c1I. The normalized spacial score (nSPS) is 9.82. The molecule has 0 amide bonds. The highest BCUT2D eigenvalue weighted by molar-refractivity contribution is 14.1. The highest BCUT2D eigenvalue weighted by atomic mass is 127. The van der Waals surface area contributed by atoms with Gasteiger partial charge in [-0.05, 0) is 79.9 Å². The summed E-state index contributed by atoms with van der Waals surface area (Å²) in [5.41, 5.74) is 0. The van der Waals surface area contributed by atoms with Crippen LogP contribution < -0.4 is 4.74 Å². The van der Waals surface area contributed by atoms with Crippen LogP contribution in [0, 0.1) is 10.7 Å². The van der Waals surface area contributed by atoms with Gasteiger partial charge in [0, 0.05) is 7.14 Å². The number of hydrogen-bond donors (Lipinski definition) is 0. The van der Waals surface area contributed by atoms with Crippen molar-refractivity contribution in [3.8, 4) is 5.75 Å². The van der Waals surface area contributed by atoms with E-state index in [9.17, 15) is 0 Å². The first-order chi connectivity index (χ1) is 5.16. The van der Waals surface area contributed by atoms with Crippen molar-refractivity contribution in [3.63, 3.8) is 0 Å². The van der Waals surface area contributed by atoms with Crippen molar-refractivity contribution >= 4 is 67.8 Å². The zero-order valence-corrected chi connectivity index (χ0v) is 12.2. The van der Waals surface area contributed by atoms with Gasteiger partial charge in [-0.25, -0.2) is 0 Å². The van der Waals surface area contributed by atoms with Crippen molar-refractivity contribution in [2.75, 3.05) is 7.11 Å². The molecular formula is C7H5I3O. The summed E-state index contributed by atoms with van der Waals surface area (Å²) in [6.45, 7) is 0. The summed E-state index contributed by atoms with van der Waals surface area (Å²) in [7, 11) is 1.69. The number of rotatable bonds is 1. The largest absolute Gasteiger partial charge is 0.496 e. The summed E-state index contributed by atoms with van der Waals surface area (Å²) in [5, 5.41) is 0. The highest BCUT2D eigenvalue weighted by Crippen LogP contribution is 2.28. The molecule has 4 heteroatoms. The summed E-state index contributed by atoms with van der Waals surface area (Å²) in [6, 6.07) is 4.05. The summed E-state index contributed by atoms with van der Waals surface area (Å²) in [5.74, 6) is 0.954. The molecule has 1 aromatic carbocycles. The fourth-order valence-corrected chi connectivity index (χ4v) is 2.77. The molecule has 1 rings (SSSR count). The molecule has 0 bridgehead atoms. The Balaban J connectivity index is 3.25. The molecule has 0 radical (unpaired) electrons. The van der Waals surface area contributed by atoms with Crippen molar-refractivity contribution in [2.24, 2.45) is 0 Å². The molecule has 60 valence electrons. The molecule has 0 fully saturated rings. The third-order valence-electron chi connectivity index (χ3n) is 1.22. The van der Waals surface area contributed by atoms with Crippen LogP contribution in [0.2, 0.25) is 0 Å². The van der Waals surface area contributed by atoms with Crippen molar-refractivity contribution in [1.82, 2.24) is 0 Å². The summed E-state index contributed by atoms with van der Waals surface area (Å²) in [4.78, 5) is 0. The molecule has 0 spiro atoms. The van der Waals surface area contributed by atoms with Crippen molar-refractivity contribution in [2.45, 2.75) is 0 Å². The lowest BCUT2D eigenvalue weighted by atomic mass is 10.3. The Morgan fingerprint density at radius 1 is 1.09 bits per heavy atom. The van der Waals surface area contributed by atoms with Crippen LogP contribution in [-0.2, 0) is 0 Å². The van der Waals surface area contributed by atoms with Crippen LogP contribution in [0.3, 0.4) is 0 Å². The second-order valence-electron chi connectivity index (χ2n) is 1.88. The van der Waals surface area contributed by atoms with E-state index in [0.717, 1.165) is 5.75 Å². The maximum atomic E-state index is 5.17. The van der Waals surface area contributed by atoms with Gasteiger partial charge in [-0.2, -0.15) is 0 Å². The second-order valence-corrected chi connectivity index (χ2v) is 5.20. The van der Waals surface area contributed by atoms with Gasteiger partial charge in [0.05, 0.1) is 10.7 Å². The minimum atomic E-state index is 0.954. The molecule has 0 N–H and O–H groups in total. The van der Waals surface area contributed by atoms with Crippen LogP contribution in [0.5, 0.6) is 5.75 Å². The van der Waals surface area contributed by atoms with E-state index in [1.165, 1.54) is 10.7 Å². The first-order valence-electron chi connectivity index (χ1n) is 2.84. The Labute approximate surface area is 107 Å². The fraction of sp³-hybridized carbons (Fsp3) is 0.143. The predicted octanol–water partition coefficient (Wildman–Crippen LogP) is 3.51. The van der Waals surface area contributed by atoms with Crippen molar-refractivity contribution in [3.05, 3.63) is 22.8 Å². The Morgan fingerprint density at radius 3 is 2.27 bits per heavy atom. The van der Waals surface area contributed by atoms with Gasteiger partial charge in [0.15, 0.2) is 0 Å². The molecular weight excluding hydrogens is 481 g/mol. The minimum absolute atomic E-state index is 0.954. The molecule has 0 heterocycles. The van der Waals surface area contributed by atoms with Crippen LogP contribution >= 0.6 is 67.8 Å². The Bertz CT molecular complexity index is 273. The molecule has 0 saturated carbocycles. The molecule has 0 saturated heterocycles. The second kappa shape index (κ2) is 4.45. The van der Waals surface area contributed by atoms with E-state index in [-0.39, 0.29) is 0 Å². The molecule has 0 aliphatic heterocycles. The van der Waals surface area contributed by atoms with Gasteiger partial charge in [0.25, 0.3) is 0 Å². The summed E-state index contributed by atoms with van der Waals surface area (Å²) >= 11 is 6.93. The zero-order chi connectivity index (χ0) is 8.43. The van der Waals surface area contributed by atoms with E-state index in [2.05, 4.69) is 73.8 Å². The first-order valence-corrected chi connectivity index (χ1v) is 6.08. The topological polar surface area (TPSA) is 9.23 Å². The van der Waals surface area contributed by atoms with E-state index in [1.54, 1.807) is 7.11 Å². The van der Waals surface area contributed by atoms with Gasteiger partial charge < -0.3 is 4.74 Å². The predicted molar refractivity (Wildman–Crippen MR) is 71.1 cm³/mol. The Morgan fingerprint density at radius 2 is 1.73 bits per heavy atom. The van der Waals surface area contributed by atoms with Crippen molar-refractivity contribution in [1.29, 1.82) is 0 Å². The van der Waals surface area contributed by atoms with Crippen molar-refractivity contribution < 1.29 is 4.74 Å². The highest BCUT2D eigenvalue weighted by Gasteiger charge is 2.06. The van der Waals surface area contributed by atoms with E-state index in [0.29, 0.717) is 0 Å². The Hall–Kier alpha value is 1.21. The average molecular weight is 486 g/mol. The number of benzene rings is 1. The maximum Gasteiger partial charge on any atom is 0.133 e. The molecule has 0 aromatic heterocycles. The summed E-state index contributed by atoms with van der Waals surface area (Å²) < 4.78 is 8.90. The lowest BCUT2D eigenvalue weighted by Gasteiger charge is -2.05. The van der Waals surface area contributed by atoms with Crippen LogP contribution in [0.4, 0.5) is 0 Å². The Kier molecular flexibility index (Phi) is 4.16. The lowest BCUT2D eigenvalue weighted by Crippen LogP contribution is -1.91. The third-order valence-corrected chi connectivity index (χ3v) is 6.37. The van der Waals surface area contributed by atoms with Gasteiger partial charge in [-0.15, -0.1) is 0 Å². The van der Waals surface area contributed by atoms with Gasteiger partial charge in [0.1, 0.15) is 5.75 Å². The van der Waals surface area contributed by atoms with Crippen LogP contribution in [0.1, 0.15) is 0 Å². The molecule has 0 unspecified atom stereocenters. The number of ether oxygens (including phenoxy) is 1. The standard InChI is InChI=1S/C7H5I3O/c1-11-5-3-2-4(8)6(9)7(5)10/h2-3H,1H3. The molecule has 0 aliphatic rings. The molecule has 1 aromatic rings. The molecule has 11 heavy (non-hydrogen) atoms.